The van der Waals surface area contributed by atoms with Crippen LogP contribution in [0.4, 0.5) is 0 Å². The fraction of sp³-hybridized carbons (Fsp3) is 0.333. The highest BCUT2D eigenvalue weighted by Crippen LogP contribution is 2.22. The lowest BCUT2D eigenvalue weighted by molar-refractivity contribution is -0.122. The molecule has 2 rings (SSSR count). The lowest BCUT2D eigenvalue weighted by Gasteiger charge is -2.08. The van der Waals surface area contributed by atoms with E-state index < -0.39 is 9.84 Å². The monoisotopic (exact) mass is 336 g/mol. The molecule has 1 aromatic heterocycles. The number of sulfone groups is 1. The van der Waals surface area contributed by atoms with Crippen LogP contribution in [0.2, 0.25) is 0 Å². The first-order valence-corrected chi connectivity index (χ1v) is 8.97. The number of carbonyl (C=O) groups excluding carboxylic acids is 1. The number of nitrogens with one attached hydrogen (secondary N) is 1. The maximum absolute atomic E-state index is 11.6. The molecule has 0 atom stereocenters. The Hall–Kier alpha value is -2.35. The smallest absolute Gasteiger partial charge is 0.257 e. The Morgan fingerprint density at radius 3 is 2.83 bits per heavy atom. The van der Waals surface area contributed by atoms with Crippen LogP contribution < -0.4 is 10.1 Å². The Balaban J connectivity index is 1.87. The van der Waals surface area contributed by atoms with Gasteiger partial charge >= 0.3 is 0 Å². The van der Waals surface area contributed by atoms with Gasteiger partial charge in [-0.05, 0) is 29.8 Å². The molecule has 0 spiro atoms. The van der Waals surface area contributed by atoms with Crippen LogP contribution in [-0.4, -0.2) is 49.3 Å². The van der Waals surface area contributed by atoms with Gasteiger partial charge in [0.2, 0.25) is 0 Å². The van der Waals surface area contributed by atoms with Crippen molar-refractivity contribution in [1.29, 1.82) is 0 Å². The molecule has 0 bridgehead atoms. The van der Waals surface area contributed by atoms with Crippen molar-refractivity contribution in [3.05, 3.63) is 36.7 Å². The number of nitrogens with zero attached hydrogens (tertiary/aromatic N) is 2. The zero-order chi connectivity index (χ0) is 16.9. The molecule has 0 unspecified atom stereocenters. The molecule has 0 saturated heterocycles. The molecule has 1 amide bonds. The number of hydrogen-bond acceptors (Lipinski definition) is 5. The van der Waals surface area contributed by atoms with E-state index in [-0.39, 0.29) is 24.8 Å². The fourth-order valence-electron chi connectivity index (χ4n) is 1.85. The highest BCUT2D eigenvalue weighted by atomic mass is 32.2. The summed E-state index contributed by atoms with van der Waals surface area (Å²) >= 11 is 0. The summed E-state index contributed by atoms with van der Waals surface area (Å²) in [7, 11) is -1.26. The van der Waals surface area contributed by atoms with E-state index in [4.69, 9.17) is 4.74 Å². The number of rotatable bonds is 7. The summed E-state index contributed by atoms with van der Waals surface area (Å²) in [6.45, 7) is -0.114. The van der Waals surface area contributed by atoms with E-state index in [9.17, 15) is 13.2 Å². The summed E-state index contributed by atoms with van der Waals surface area (Å²) in [6, 6.07) is 8.17. The minimum absolute atomic E-state index is 0.0723. The summed E-state index contributed by atoms with van der Waals surface area (Å²) in [5, 5.41) is 6.59. The molecule has 0 aliphatic rings. The molecule has 1 heterocycles. The van der Waals surface area contributed by atoms with Crippen LogP contribution in [0.15, 0.2) is 30.6 Å². The van der Waals surface area contributed by atoms with Crippen LogP contribution in [0.25, 0.3) is 11.1 Å². The van der Waals surface area contributed by atoms with Gasteiger partial charge < -0.3 is 10.1 Å². The van der Waals surface area contributed by atoms with Crippen LogP contribution in [0.1, 0.15) is 0 Å². The highest BCUT2D eigenvalue weighted by molar-refractivity contribution is 7.90. The molecule has 8 heteroatoms. The van der Waals surface area contributed by atoms with Crippen molar-refractivity contribution in [2.45, 2.75) is 0 Å². The van der Waals surface area contributed by atoms with E-state index in [1.165, 1.54) is 0 Å². The number of aryl methyl sites for hydroxylation is 1. The molecule has 2 aromatic rings. The van der Waals surface area contributed by atoms with Crippen LogP contribution in [0, 0.1) is 6.07 Å². The SMILES string of the molecule is Cn1cc(-c2c[c]cc(OCC(=O)NCCS(C)(=O)=O)c2)cn1. The number of aromatic nitrogens is 2. The van der Waals surface area contributed by atoms with Crippen LogP contribution in [-0.2, 0) is 21.7 Å². The number of carbonyl (C=O) groups is 1. The highest BCUT2D eigenvalue weighted by Gasteiger charge is 2.07. The second-order valence-electron chi connectivity index (χ2n) is 5.13. The van der Waals surface area contributed by atoms with Crippen molar-refractivity contribution >= 4 is 15.7 Å². The van der Waals surface area contributed by atoms with Gasteiger partial charge in [-0.3, -0.25) is 9.48 Å². The topological polar surface area (TPSA) is 90.3 Å². The summed E-state index contributed by atoms with van der Waals surface area (Å²) in [5.74, 6) is 0.0354. The van der Waals surface area contributed by atoms with Gasteiger partial charge in [0.1, 0.15) is 15.6 Å². The predicted octanol–water partition coefficient (Wildman–Crippen LogP) is 0.427. The third-order valence-corrected chi connectivity index (χ3v) is 3.91. The fourth-order valence-corrected chi connectivity index (χ4v) is 2.32. The molecule has 1 radical (unpaired) electrons. The van der Waals surface area contributed by atoms with Crippen molar-refractivity contribution in [3.8, 4) is 16.9 Å². The molecule has 0 aliphatic carbocycles. The van der Waals surface area contributed by atoms with Gasteiger partial charge in [0, 0.05) is 31.6 Å². The number of ether oxygens (including phenoxy) is 1. The lowest BCUT2D eigenvalue weighted by Crippen LogP contribution is -2.32. The molecule has 1 aromatic carbocycles. The van der Waals surface area contributed by atoms with Gasteiger partial charge in [-0.25, -0.2) is 8.42 Å². The number of amides is 1. The molecule has 23 heavy (non-hydrogen) atoms. The Kier molecular flexibility index (Phi) is 5.38. The molecular formula is C15H18N3O4S. The van der Waals surface area contributed by atoms with Gasteiger partial charge in [-0.15, -0.1) is 0 Å². The van der Waals surface area contributed by atoms with Crippen molar-refractivity contribution in [3.63, 3.8) is 0 Å². The van der Waals surface area contributed by atoms with Gasteiger partial charge in [-0.1, -0.05) is 0 Å². The van der Waals surface area contributed by atoms with Crippen molar-refractivity contribution < 1.29 is 17.9 Å². The van der Waals surface area contributed by atoms with Gasteiger partial charge in [-0.2, -0.15) is 5.10 Å². The predicted molar refractivity (Wildman–Crippen MR) is 85.7 cm³/mol. The first kappa shape index (κ1) is 17.0. The molecule has 0 aliphatic heterocycles. The minimum Gasteiger partial charge on any atom is -0.484 e. The average Bonchev–Trinajstić information content (AvgIpc) is 2.91. The number of hydrogen-bond donors (Lipinski definition) is 1. The molecule has 0 fully saturated rings. The van der Waals surface area contributed by atoms with Crippen LogP contribution in [0.3, 0.4) is 0 Å². The van der Waals surface area contributed by atoms with E-state index >= 15 is 0 Å². The molecular weight excluding hydrogens is 318 g/mol. The molecule has 7 nitrogen and oxygen atoms in total. The van der Waals surface area contributed by atoms with Crippen LogP contribution in [0.5, 0.6) is 5.75 Å². The first-order valence-electron chi connectivity index (χ1n) is 6.91. The Morgan fingerprint density at radius 2 is 2.17 bits per heavy atom. The van der Waals surface area contributed by atoms with Crippen molar-refractivity contribution in [1.82, 2.24) is 15.1 Å². The minimum atomic E-state index is -3.09. The van der Waals surface area contributed by atoms with E-state index in [1.807, 2.05) is 13.2 Å². The molecule has 0 saturated carbocycles. The van der Waals surface area contributed by atoms with Gasteiger partial charge in [0.15, 0.2) is 6.61 Å². The van der Waals surface area contributed by atoms with Crippen LogP contribution >= 0.6 is 0 Å². The first-order chi connectivity index (χ1) is 10.8. The normalized spacial score (nSPS) is 11.2. The maximum atomic E-state index is 11.6. The second kappa shape index (κ2) is 7.28. The third kappa shape index (κ3) is 5.74. The van der Waals surface area contributed by atoms with Gasteiger partial charge in [0.25, 0.3) is 5.91 Å². The largest absolute Gasteiger partial charge is 0.484 e. The Labute approximate surface area is 135 Å². The average molecular weight is 336 g/mol. The second-order valence-corrected chi connectivity index (χ2v) is 7.39. The quantitative estimate of drug-likeness (QED) is 0.792. The van der Waals surface area contributed by atoms with E-state index in [0.717, 1.165) is 17.4 Å². The van der Waals surface area contributed by atoms with E-state index in [2.05, 4.69) is 16.5 Å². The third-order valence-electron chi connectivity index (χ3n) is 2.97. The molecule has 123 valence electrons. The maximum Gasteiger partial charge on any atom is 0.257 e. The summed E-state index contributed by atoms with van der Waals surface area (Å²) in [5.41, 5.74) is 1.81. The van der Waals surface area contributed by atoms with Crippen molar-refractivity contribution in [2.24, 2.45) is 7.05 Å². The summed E-state index contributed by atoms with van der Waals surface area (Å²) in [6.07, 6.45) is 4.71. The summed E-state index contributed by atoms with van der Waals surface area (Å²) in [4.78, 5) is 11.6. The van der Waals surface area contributed by atoms with E-state index in [0.29, 0.717) is 5.75 Å². The Morgan fingerprint density at radius 1 is 1.39 bits per heavy atom. The lowest BCUT2D eigenvalue weighted by atomic mass is 10.1. The van der Waals surface area contributed by atoms with Crippen molar-refractivity contribution in [2.75, 3.05) is 25.2 Å². The zero-order valence-corrected chi connectivity index (χ0v) is 13.8. The standard InChI is InChI=1S/C15H18N3O4S/c1-18-10-13(9-17-18)12-4-3-5-14(8-12)22-11-15(19)16-6-7-23(2,20)21/h4-5,8-10H,6-7,11H2,1-2H3,(H,16,19). The zero-order valence-electron chi connectivity index (χ0n) is 12.9. The summed E-state index contributed by atoms with van der Waals surface area (Å²) < 4.78 is 29.0. The number of benzene rings is 1. The van der Waals surface area contributed by atoms with Gasteiger partial charge in [0.05, 0.1) is 11.9 Å². The molecule has 1 N–H and O–H groups in total. The van der Waals surface area contributed by atoms with E-state index in [1.54, 1.807) is 29.1 Å². The Bertz CT molecular complexity index is 784.